The normalized spacial score (nSPS) is 11.1. The number of methoxy groups -OCH3 is 1. The lowest BCUT2D eigenvalue weighted by Gasteiger charge is -2.14. The summed E-state index contributed by atoms with van der Waals surface area (Å²) >= 11 is 0. The Morgan fingerprint density at radius 1 is 1.35 bits per heavy atom. The van der Waals surface area contributed by atoms with Crippen molar-refractivity contribution in [3.63, 3.8) is 0 Å². The van der Waals surface area contributed by atoms with E-state index in [9.17, 15) is 18.0 Å². The highest BCUT2D eigenvalue weighted by Crippen LogP contribution is 2.29. The summed E-state index contributed by atoms with van der Waals surface area (Å²) < 4.78 is 44.7. The van der Waals surface area contributed by atoms with E-state index in [-0.39, 0.29) is 5.56 Å². The minimum atomic E-state index is -4.84. The van der Waals surface area contributed by atoms with Crippen LogP contribution in [0, 0.1) is 0 Å². The first kappa shape index (κ1) is 13.3. The Bertz CT molecular complexity index is 413. The number of carbonyl (C=O) groups is 1. The fraction of sp³-hybridized carbons (Fsp3) is 0.364. The van der Waals surface area contributed by atoms with Crippen molar-refractivity contribution in [1.29, 1.82) is 0 Å². The van der Waals surface area contributed by atoms with Crippen LogP contribution in [0.25, 0.3) is 0 Å². The topological polar surface area (TPSA) is 35.5 Å². The zero-order valence-corrected chi connectivity index (χ0v) is 9.30. The molecule has 0 fully saturated rings. The van der Waals surface area contributed by atoms with Gasteiger partial charge in [0.2, 0.25) is 0 Å². The van der Waals surface area contributed by atoms with Crippen LogP contribution in [0.4, 0.5) is 13.2 Å². The molecule has 0 spiro atoms. The second-order valence-electron chi connectivity index (χ2n) is 3.18. The van der Waals surface area contributed by atoms with Crippen molar-refractivity contribution >= 4 is 5.97 Å². The smallest absolute Gasteiger partial charge is 0.465 e. The van der Waals surface area contributed by atoms with E-state index in [1.54, 1.807) is 13.0 Å². The van der Waals surface area contributed by atoms with E-state index >= 15 is 0 Å². The number of carbonyl (C=O) groups excluding carboxylic acids is 1. The highest BCUT2D eigenvalue weighted by Gasteiger charge is 2.33. The summed E-state index contributed by atoms with van der Waals surface area (Å²) in [6.45, 7) is 1.72. The number of aryl methyl sites for hydroxylation is 1. The lowest BCUT2D eigenvalue weighted by molar-refractivity contribution is -0.274. The number of benzene rings is 1. The van der Waals surface area contributed by atoms with Crippen molar-refractivity contribution < 1.29 is 27.4 Å². The van der Waals surface area contributed by atoms with E-state index in [2.05, 4.69) is 9.47 Å². The molecule has 1 rings (SSSR count). The van der Waals surface area contributed by atoms with Gasteiger partial charge in [-0.15, -0.1) is 13.2 Å². The van der Waals surface area contributed by atoms with Gasteiger partial charge in [-0.1, -0.05) is 19.1 Å². The third-order valence-corrected chi connectivity index (χ3v) is 2.11. The Balaban J connectivity index is 3.24. The molecule has 0 aromatic heterocycles. The van der Waals surface area contributed by atoms with Gasteiger partial charge in [-0.25, -0.2) is 4.79 Å². The minimum Gasteiger partial charge on any atom is -0.465 e. The minimum absolute atomic E-state index is 0.185. The molecular formula is C11H11F3O3. The molecule has 17 heavy (non-hydrogen) atoms. The molecule has 1 aromatic rings. The molecule has 94 valence electrons. The van der Waals surface area contributed by atoms with Gasteiger partial charge >= 0.3 is 12.3 Å². The molecule has 1 aromatic carbocycles. The SMILES string of the molecule is CCc1cccc(OC(F)(F)F)c1C(=O)OC. The third kappa shape index (κ3) is 3.37. The molecule has 0 aliphatic rings. The van der Waals surface area contributed by atoms with Crippen molar-refractivity contribution in [3.05, 3.63) is 29.3 Å². The molecule has 0 amide bonds. The van der Waals surface area contributed by atoms with E-state index in [0.29, 0.717) is 12.0 Å². The van der Waals surface area contributed by atoms with Crippen molar-refractivity contribution in [3.8, 4) is 5.75 Å². The molecule has 0 saturated heterocycles. The summed E-state index contributed by atoms with van der Waals surface area (Å²) in [7, 11) is 1.10. The number of halogens is 3. The van der Waals surface area contributed by atoms with Crippen LogP contribution in [0.15, 0.2) is 18.2 Å². The fourth-order valence-corrected chi connectivity index (χ4v) is 1.41. The second kappa shape index (κ2) is 5.07. The number of hydrogen-bond acceptors (Lipinski definition) is 3. The van der Waals surface area contributed by atoms with Crippen molar-refractivity contribution in [2.24, 2.45) is 0 Å². The first-order valence-electron chi connectivity index (χ1n) is 4.85. The lowest BCUT2D eigenvalue weighted by Crippen LogP contribution is -2.20. The van der Waals surface area contributed by atoms with Gasteiger partial charge in [-0.05, 0) is 18.1 Å². The highest BCUT2D eigenvalue weighted by molar-refractivity contribution is 5.94. The number of ether oxygens (including phenoxy) is 2. The molecule has 6 heteroatoms. The Morgan fingerprint density at radius 2 is 2.00 bits per heavy atom. The summed E-state index contributed by atoms with van der Waals surface area (Å²) in [5.41, 5.74) is 0.258. The summed E-state index contributed by atoms with van der Waals surface area (Å²) in [6.07, 6.45) is -4.44. The van der Waals surface area contributed by atoms with Gasteiger partial charge in [0.15, 0.2) is 0 Å². The van der Waals surface area contributed by atoms with Crippen LogP contribution in [0.3, 0.4) is 0 Å². The quantitative estimate of drug-likeness (QED) is 0.771. The molecule has 0 heterocycles. The van der Waals surface area contributed by atoms with Gasteiger partial charge in [0, 0.05) is 0 Å². The van der Waals surface area contributed by atoms with Crippen LogP contribution in [0.1, 0.15) is 22.8 Å². The summed E-state index contributed by atoms with van der Waals surface area (Å²) in [5, 5.41) is 0. The Morgan fingerprint density at radius 3 is 2.47 bits per heavy atom. The van der Waals surface area contributed by atoms with Gasteiger partial charge in [0.1, 0.15) is 11.3 Å². The van der Waals surface area contributed by atoms with E-state index in [4.69, 9.17) is 0 Å². The molecule has 0 bridgehead atoms. The van der Waals surface area contributed by atoms with Gasteiger partial charge in [-0.2, -0.15) is 0 Å². The molecule has 3 nitrogen and oxygen atoms in total. The molecule has 0 saturated carbocycles. The molecule has 0 aliphatic heterocycles. The average Bonchev–Trinajstić information content (AvgIpc) is 2.25. The summed E-state index contributed by atoms with van der Waals surface area (Å²) in [6, 6.07) is 4.03. The van der Waals surface area contributed by atoms with Gasteiger partial charge in [0.25, 0.3) is 0 Å². The molecule has 0 N–H and O–H groups in total. The highest BCUT2D eigenvalue weighted by atomic mass is 19.4. The Hall–Kier alpha value is -1.72. The van der Waals surface area contributed by atoms with Gasteiger partial charge in [0.05, 0.1) is 7.11 Å². The summed E-state index contributed by atoms with van der Waals surface area (Å²) in [4.78, 5) is 11.4. The average molecular weight is 248 g/mol. The van der Waals surface area contributed by atoms with Crippen LogP contribution >= 0.6 is 0 Å². The maximum Gasteiger partial charge on any atom is 0.573 e. The van der Waals surface area contributed by atoms with Crippen molar-refractivity contribution in [2.75, 3.05) is 7.11 Å². The number of esters is 1. The second-order valence-corrected chi connectivity index (χ2v) is 3.18. The molecule has 0 unspecified atom stereocenters. The predicted molar refractivity (Wildman–Crippen MR) is 53.8 cm³/mol. The van der Waals surface area contributed by atoms with E-state index < -0.39 is 18.1 Å². The maximum atomic E-state index is 12.2. The first-order valence-corrected chi connectivity index (χ1v) is 4.85. The standard InChI is InChI=1S/C11H11F3O3/c1-3-7-5-4-6-8(17-11(12,13)14)9(7)10(15)16-2/h4-6H,3H2,1-2H3. The maximum absolute atomic E-state index is 12.2. The van der Waals surface area contributed by atoms with E-state index in [0.717, 1.165) is 13.2 Å². The molecular weight excluding hydrogens is 237 g/mol. The van der Waals surface area contributed by atoms with E-state index in [1.165, 1.54) is 6.07 Å². The monoisotopic (exact) mass is 248 g/mol. The predicted octanol–water partition coefficient (Wildman–Crippen LogP) is 2.93. The van der Waals surface area contributed by atoms with Crippen LogP contribution in [0.5, 0.6) is 5.75 Å². The van der Waals surface area contributed by atoms with Crippen LogP contribution < -0.4 is 4.74 Å². The number of rotatable bonds is 3. The fourth-order valence-electron chi connectivity index (χ4n) is 1.41. The van der Waals surface area contributed by atoms with Crippen LogP contribution in [0.2, 0.25) is 0 Å². The van der Waals surface area contributed by atoms with Crippen LogP contribution in [-0.2, 0) is 11.2 Å². The molecule has 0 atom stereocenters. The number of alkyl halides is 3. The van der Waals surface area contributed by atoms with E-state index in [1.807, 2.05) is 0 Å². The first-order chi connectivity index (χ1) is 7.89. The third-order valence-electron chi connectivity index (χ3n) is 2.11. The summed E-state index contributed by atoms with van der Waals surface area (Å²) in [5.74, 6) is -1.38. The zero-order valence-electron chi connectivity index (χ0n) is 9.30. The lowest BCUT2D eigenvalue weighted by atomic mass is 10.0. The largest absolute Gasteiger partial charge is 0.573 e. The van der Waals surface area contributed by atoms with Crippen LogP contribution in [-0.4, -0.2) is 19.4 Å². The Labute approximate surface area is 96.1 Å². The molecule has 0 radical (unpaired) electrons. The Kier molecular flexibility index (Phi) is 3.98. The van der Waals surface area contributed by atoms with Crippen molar-refractivity contribution in [2.45, 2.75) is 19.7 Å². The number of hydrogen-bond donors (Lipinski definition) is 0. The van der Waals surface area contributed by atoms with Gasteiger partial charge in [-0.3, -0.25) is 0 Å². The van der Waals surface area contributed by atoms with Crippen molar-refractivity contribution in [1.82, 2.24) is 0 Å². The molecule has 0 aliphatic carbocycles. The van der Waals surface area contributed by atoms with Gasteiger partial charge < -0.3 is 9.47 Å². The zero-order chi connectivity index (χ0) is 13.1.